The van der Waals surface area contributed by atoms with Gasteiger partial charge in [0.15, 0.2) is 6.61 Å². The molecule has 3 aromatic rings. The summed E-state index contributed by atoms with van der Waals surface area (Å²) in [5, 5.41) is 3.69. The third-order valence-electron chi connectivity index (χ3n) is 3.72. The number of hydrogen-bond acceptors (Lipinski definition) is 5. The predicted octanol–water partition coefficient (Wildman–Crippen LogP) is 2.69. The molecule has 0 unspecified atom stereocenters. The molecule has 3 rings (SSSR count). The molecule has 0 radical (unpaired) electrons. The number of likely N-dealkylation sites (N-methyl/N-ethyl adjacent to an activating group) is 1. The van der Waals surface area contributed by atoms with E-state index in [0.717, 1.165) is 15.2 Å². The standard InChI is InChI=1S/C19H19N3O3S/c1-22(2)18(23)12-25-15-9-5-3-7-13(15)19(24)20-11-17-21-14-8-4-6-10-16(14)26-17/h3-10H,11-12H2,1-2H3,(H,20,24). The predicted molar refractivity (Wildman–Crippen MR) is 101 cm³/mol. The molecule has 1 N–H and O–H groups in total. The fraction of sp³-hybridized carbons (Fsp3) is 0.211. The van der Waals surface area contributed by atoms with E-state index in [4.69, 9.17) is 4.74 Å². The summed E-state index contributed by atoms with van der Waals surface area (Å²) in [6.07, 6.45) is 0. The number of fused-ring (bicyclic) bond motifs is 1. The molecule has 0 fully saturated rings. The molecule has 7 heteroatoms. The van der Waals surface area contributed by atoms with Gasteiger partial charge in [0.2, 0.25) is 0 Å². The molecule has 134 valence electrons. The monoisotopic (exact) mass is 369 g/mol. The van der Waals surface area contributed by atoms with Crippen LogP contribution >= 0.6 is 11.3 Å². The summed E-state index contributed by atoms with van der Waals surface area (Å²) in [5.74, 6) is -0.0589. The number of carbonyl (C=O) groups excluding carboxylic acids is 2. The van der Waals surface area contributed by atoms with Gasteiger partial charge in [-0.15, -0.1) is 11.3 Å². The van der Waals surface area contributed by atoms with Crippen molar-refractivity contribution in [2.24, 2.45) is 0 Å². The van der Waals surface area contributed by atoms with Gasteiger partial charge in [-0.25, -0.2) is 4.98 Å². The molecule has 1 heterocycles. The Morgan fingerprint density at radius 1 is 1.12 bits per heavy atom. The minimum atomic E-state index is -0.267. The zero-order valence-corrected chi connectivity index (χ0v) is 15.4. The van der Waals surface area contributed by atoms with Gasteiger partial charge in [-0.05, 0) is 24.3 Å². The molecule has 26 heavy (non-hydrogen) atoms. The van der Waals surface area contributed by atoms with Crippen molar-refractivity contribution in [1.82, 2.24) is 15.2 Å². The Morgan fingerprint density at radius 2 is 1.85 bits per heavy atom. The number of benzene rings is 2. The Kier molecular flexibility index (Phi) is 5.48. The van der Waals surface area contributed by atoms with Gasteiger partial charge in [-0.2, -0.15) is 0 Å². The van der Waals surface area contributed by atoms with Gasteiger partial charge in [0.05, 0.1) is 22.3 Å². The van der Waals surface area contributed by atoms with Gasteiger partial charge in [0.25, 0.3) is 11.8 Å². The van der Waals surface area contributed by atoms with E-state index in [9.17, 15) is 9.59 Å². The van der Waals surface area contributed by atoms with Crippen LogP contribution in [0, 0.1) is 0 Å². The molecule has 0 aliphatic heterocycles. The Bertz CT molecular complexity index is 903. The second-order valence-corrected chi connectivity index (χ2v) is 6.95. The number of thiazole rings is 1. The van der Waals surface area contributed by atoms with Gasteiger partial charge >= 0.3 is 0 Å². The average Bonchev–Trinajstić information content (AvgIpc) is 3.07. The molecule has 0 bridgehead atoms. The van der Waals surface area contributed by atoms with Crippen molar-refractivity contribution in [2.75, 3.05) is 20.7 Å². The smallest absolute Gasteiger partial charge is 0.259 e. The number of hydrogen-bond donors (Lipinski definition) is 1. The second kappa shape index (κ2) is 7.97. The highest BCUT2D eigenvalue weighted by atomic mass is 32.1. The topological polar surface area (TPSA) is 71.5 Å². The summed E-state index contributed by atoms with van der Waals surface area (Å²) in [5.41, 5.74) is 1.31. The lowest BCUT2D eigenvalue weighted by Gasteiger charge is -2.13. The Labute approximate surface area is 155 Å². The SMILES string of the molecule is CN(C)C(=O)COc1ccccc1C(=O)NCc1nc2ccccc2s1. The fourth-order valence-corrected chi connectivity index (χ4v) is 3.20. The summed E-state index contributed by atoms with van der Waals surface area (Å²) in [7, 11) is 3.31. The van der Waals surface area contributed by atoms with Crippen LogP contribution in [0.1, 0.15) is 15.4 Å². The molecule has 0 saturated carbocycles. The van der Waals surface area contributed by atoms with Gasteiger partial charge in [0.1, 0.15) is 10.8 Å². The number of rotatable bonds is 6. The maximum Gasteiger partial charge on any atom is 0.259 e. The lowest BCUT2D eigenvalue weighted by Crippen LogP contribution is -2.28. The van der Waals surface area contributed by atoms with E-state index in [0.29, 0.717) is 17.9 Å². The van der Waals surface area contributed by atoms with Gasteiger partial charge < -0.3 is 15.0 Å². The largest absolute Gasteiger partial charge is 0.483 e. The van der Waals surface area contributed by atoms with E-state index in [1.165, 1.54) is 4.90 Å². The van der Waals surface area contributed by atoms with E-state index < -0.39 is 0 Å². The minimum Gasteiger partial charge on any atom is -0.483 e. The summed E-state index contributed by atoms with van der Waals surface area (Å²) in [6, 6.07) is 14.7. The van der Waals surface area contributed by atoms with Crippen LogP contribution < -0.4 is 10.1 Å². The van der Waals surface area contributed by atoms with Crippen LogP contribution in [0.4, 0.5) is 0 Å². The third kappa shape index (κ3) is 4.18. The number of nitrogens with zero attached hydrogens (tertiary/aromatic N) is 2. The number of amides is 2. The van der Waals surface area contributed by atoms with Crippen LogP contribution in [0.3, 0.4) is 0 Å². The van der Waals surface area contributed by atoms with Crippen molar-refractivity contribution in [3.8, 4) is 5.75 Å². The number of ether oxygens (including phenoxy) is 1. The lowest BCUT2D eigenvalue weighted by molar-refractivity contribution is -0.130. The zero-order valence-electron chi connectivity index (χ0n) is 14.6. The van der Waals surface area contributed by atoms with Gasteiger partial charge in [0, 0.05) is 14.1 Å². The van der Waals surface area contributed by atoms with E-state index >= 15 is 0 Å². The van der Waals surface area contributed by atoms with E-state index in [2.05, 4.69) is 10.3 Å². The average molecular weight is 369 g/mol. The number of nitrogens with one attached hydrogen (secondary N) is 1. The molecule has 2 aromatic carbocycles. The van der Waals surface area contributed by atoms with Crippen LogP contribution in [0.5, 0.6) is 5.75 Å². The first-order valence-corrected chi connectivity index (χ1v) is 8.91. The fourth-order valence-electron chi connectivity index (χ4n) is 2.30. The van der Waals surface area contributed by atoms with Crippen molar-refractivity contribution in [3.05, 3.63) is 59.1 Å². The van der Waals surface area contributed by atoms with E-state index in [1.54, 1.807) is 49.7 Å². The highest BCUT2D eigenvalue weighted by molar-refractivity contribution is 7.18. The molecule has 0 atom stereocenters. The number of carbonyl (C=O) groups is 2. The van der Waals surface area contributed by atoms with E-state index in [-0.39, 0.29) is 18.4 Å². The first-order chi connectivity index (χ1) is 12.5. The highest BCUT2D eigenvalue weighted by Crippen LogP contribution is 2.22. The molecule has 0 aliphatic rings. The molecule has 0 aliphatic carbocycles. The molecular formula is C19H19N3O3S. The van der Waals surface area contributed by atoms with Crippen LogP contribution in [0.2, 0.25) is 0 Å². The number of aromatic nitrogens is 1. The summed E-state index contributed by atoms with van der Waals surface area (Å²) < 4.78 is 6.60. The van der Waals surface area contributed by atoms with Crippen molar-refractivity contribution in [1.29, 1.82) is 0 Å². The maximum absolute atomic E-state index is 12.5. The third-order valence-corrected chi connectivity index (χ3v) is 4.76. The quantitative estimate of drug-likeness (QED) is 0.725. The number of para-hydroxylation sites is 2. The highest BCUT2D eigenvalue weighted by Gasteiger charge is 2.14. The molecule has 2 amide bonds. The van der Waals surface area contributed by atoms with Crippen LogP contribution in [0.15, 0.2) is 48.5 Å². The molecule has 0 saturated heterocycles. The van der Waals surface area contributed by atoms with Crippen LogP contribution in [0.25, 0.3) is 10.2 Å². The molecule has 6 nitrogen and oxygen atoms in total. The van der Waals surface area contributed by atoms with Crippen molar-refractivity contribution in [3.63, 3.8) is 0 Å². The first-order valence-electron chi connectivity index (χ1n) is 8.09. The molecule has 1 aromatic heterocycles. The van der Waals surface area contributed by atoms with E-state index in [1.807, 2.05) is 24.3 Å². The zero-order chi connectivity index (χ0) is 18.5. The van der Waals surface area contributed by atoms with Crippen LogP contribution in [-0.4, -0.2) is 42.4 Å². The Balaban J connectivity index is 1.66. The summed E-state index contributed by atoms with van der Waals surface area (Å²) in [4.78, 5) is 30.2. The Hall–Kier alpha value is -2.93. The van der Waals surface area contributed by atoms with Crippen LogP contribution in [-0.2, 0) is 11.3 Å². The van der Waals surface area contributed by atoms with Crippen molar-refractivity contribution < 1.29 is 14.3 Å². The van der Waals surface area contributed by atoms with Gasteiger partial charge in [-0.1, -0.05) is 24.3 Å². The van der Waals surface area contributed by atoms with Crippen molar-refractivity contribution in [2.45, 2.75) is 6.54 Å². The van der Waals surface area contributed by atoms with Crippen molar-refractivity contribution >= 4 is 33.4 Å². The summed E-state index contributed by atoms with van der Waals surface area (Å²) in [6.45, 7) is 0.221. The first kappa shape index (κ1) is 17.9. The normalized spacial score (nSPS) is 10.5. The lowest BCUT2D eigenvalue weighted by atomic mass is 10.2. The maximum atomic E-state index is 12.5. The molecular weight excluding hydrogens is 350 g/mol. The second-order valence-electron chi connectivity index (χ2n) is 5.83. The minimum absolute atomic E-state index is 0.116. The van der Waals surface area contributed by atoms with Gasteiger partial charge in [-0.3, -0.25) is 9.59 Å². The summed E-state index contributed by atoms with van der Waals surface area (Å²) >= 11 is 1.55. The Morgan fingerprint density at radius 3 is 2.62 bits per heavy atom. The molecule has 0 spiro atoms.